The Morgan fingerprint density at radius 3 is 2.57 bits per heavy atom. The fraction of sp³-hybridized carbons (Fsp3) is 0.0435. The van der Waals surface area contributed by atoms with Crippen LogP contribution in [0.1, 0.15) is 11.4 Å². The van der Waals surface area contributed by atoms with Crippen molar-refractivity contribution in [3.63, 3.8) is 0 Å². The first-order chi connectivity index (χ1) is 13.7. The number of benzene rings is 3. The van der Waals surface area contributed by atoms with Gasteiger partial charge in [-0.25, -0.2) is 4.98 Å². The standard InChI is InChI=1S/C23H17BrN2O2/c1-28-21-12-5-4-11-20(21)26-22(14-13-16-7-6-8-17(24)15-16)25-19-10-3-2-9-18(19)23(26)27/h2-15H,1H3/b14-13+. The number of aromatic nitrogens is 2. The molecule has 28 heavy (non-hydrogen) atoms. The maximum absolute atomic E-state index is 13.3. The fourth-order valence-corrected chi connectivity index (χ4v) is 3.51. The summed E-state index contributed by atoms with van der Waals surface area (Å²) in [5, 5.41) is 0.563. The number of rotatable bonds is 4. The molecule has 4 nitrogen and oxygen atoms in total. The zero-order chi connectivity index (χ0) is 19.5. The number of ether oxygens (including phenoxy) is 1. The van der Waals surface area contributed by atoms with E-state index in [1.165, 1.54) is 0 Å². The summed E-state index contributed by atoms with van der Waals surface area (Å²) in [5.41, 5.74) is 2.18. The lowest BCUT2D eigenvalue weighted by Gasteiger charge is -2.14. The first-order valence-electron chi connectivity index (χ1n) is 8.76. The SMILES string of the molecule is COc1ccccc1-n1c(/C=C/c2cccc(Br)c2)nc2ccccc2c1=O. The topological polar surface area (TPSA) is 44.1 Å². The number of hydrogen-bond donors (Lipinski definition) is 0. The van der Waals surface area contributed by atoms with Crippen molar-refractivity contribution in [2.75, 3.05) is 7.11 Å². The number of halogens is 1. The molecule has 138 valence electrons. The van der Waals surface area contributed by atoms with E-state index in [4.69, 9.17) is 9.72 Å². The summed E-state index contributed by atoms with van der Waals surface area (Å²) < 4.78 is 8.06. The highest BCUT2D eigenvalue weighted by Gasteiger charge is 2.14. The Balaban J connectivity index is 1.97. The van der Waals surface area contributed by atoms with E-state index in [-0.39, 0.29) is 5.56 Å². The van der Waals surface area contributed by atoms with Gasteiger partial charge in [0.2, 0.25) is 0 Å². The van der Waals surface area contributed by atoms with Crippen LogP contribution in [0.15, 0.2) is 82.1 Å². The van der Waals surface area contributed by atoms with Gasteiger partial charge in [-0.2, -0.15) is 0 Å². The zero-order valence-electron chi connectivity index (χ0n) is 15.2. The first-order valence-corrected chi connectivity index (χ1v) is 9.55. The van der Waals surface area contributed by atoms with Gasteiger partial charge in [-0.1, -0.05) is 58.4 Å². The van der Waals surface area contributed by atoms with Crippen molar-refractivity contribution in [1.82, 2.24) is 9.55 Å². The third kappa shape index (κ3) is 3.49. The van der Waals surface area contributed by atoms with Crippen molar-refractivity contribution < 1.29 is 4.74 Å². The van der Waals surface area contributed by atoms with Gasteiger partial charge in [0.25, 0.3) is 5.56 Å². The van der Waals surface area contributed by atoms with Gasteiger partial charge >= 0.3 is 0 Å². The summed E-state index contributed by atoms with van der Waals surface area (Å²) >= 11 is 3.48. The van der Waals surface area contributed by atoms with Gasteiger partial charge in [-0.05, 0) is 48.0 Å². The van der Waals surface area contributed by atoms with Crippen LogP contribution in [-0.4, -0.2) is 16.7 Å². The Labute approximate surface area is 170 Å². The van der Waals surface area contributed by atoms with Crippen molar-refractivity contribution in [2.24, 2.45) is 0 Å². The molecule has 0 bridgehead atoms. The maximum atomic E-state index is 13.3. The highest BCUT2D eigenvalue weighted by molar-refractivity contribution is 9.10. The van der Waals surface area contributed by atoms with E-state index in [1.807, 2.05) is 78.9 Å². The lowest BCUT2D eigenvalue weighted by Crippen LogP contribution is -2.22. The average molecular weight is 433 g/mol. The molecule has 0 aliphatic rings. The molecule has 0 aliphatic carbocycles. The Bertz CT molecular complexity index is 1240. The maximum Gasteiger partial charge on any atom is 0.266 e. The van der Waals surface area contributed by atoms with E-state index in [1.54, 1.807) is 17.7 Å². The molecule has 0 atom stereocenters. The molecule has 0 spiro atoms. The highest BCUT2D eigenvalue weighted by Crippen LogP contribution is 2.24. The van der Waals surface area contributed by atoms with Crippen molar-refractivity contribution in [2.45, 2.75) is 0 Å². The Morgan fingerprint density at radius 1 is 0.964 bits per heavy atom. The second kappa shape index (κ2) is 7.82. The number of nitrogens with zero attached hydrogens (tertiary/aromatic N) is 2. The second-order valence-corrected chi connectivity index (χ2v) is 7.10. The summed E-state index contributed by atoms with van der Waals surface area (Å²) in [4.78, 5) is 18.0. The molecule has 1 aromatic heterocycles. The lowest BCUT2D eigenvalue weighted by molar-refractivity contribution is 0.412. The van der Waals surface area contributed by atoms with Crippen LogP contribution < -0.4 is 10.3 Å². The van der Waals surface area contributed by atoms with Crippen LogP contribution in [0.5, 0.6) is 5.75 Å². The molecule has 0 saturated heterocycles. The van der Waals surface area contributed by atoms with Gasteiger partial charge in [0, 0.05) is 4.47 Å². The van der Waals surface area contributed by atoms with Crippen molar-refractivity contribution in [3.8, 4) is 11.4 Å². The molecule has 4 aromatic rings. The van der Waals surface area contributed by atoms with Gasteiger partial charge in [0.15, 0.2) is 0 Å². The first kappa shape index (κ1) is 18.2. The largest absolute Gasteiger partial charge is 0.495 e. The fourth-order valence-electron chi connectivity index (χ4n) is 3.09. The summed E-state index contributed by atoms with van der Waals surface area (Å²) in [5.74, 6) is 1.15. The van der Waals surface area contributed by atoms with Crippen molar-refractivity contribution in [1.29, 1.82) is 0 Å². The van der Waals surface area contributed by atoms with Crippen LogP contribution in [0.4, 0.5) is 0 Å². The monoisotopic (exact) mass is 432 g/mol. The van der Waals surface area contributed by atoms with Gasteiger partial charge in [-0.15, -0.1) is 0 Å². The van der Waals surface area contributed by atoms with Crippen LogP contribution in [0.3, 0.4) is 0 Å². The molecule has 0 radical (unpaired) electrons. The van der Waals surface area contributed by atoms with E-state index in [2.05, 4.69) is 15.9 Å². The van der Waals surface area contributed by atoms with Crippen LogP contribution in [-0.2, 0) is 0 Å². The third-order valence-corrected chi connectivity index (χ3v) is 4.89. The number of methoxy groups -OCH3 is 1. The van der Waals surface area contributed by atoms with Gasteiger partial charge < -0.3 is 4.74 Å². The van der Waals surface area contributed by atoms with Crippen LogP contribution >= 0.6 is 15.9 Å². The molecule has 0 fully saturated rings. The minimum atomic E-state index is -0.135. The van der Waals surface area contributed by atoms with Crippen LogP contribution in [0, 0.1) is 0 Å². The number of hydrogen-bond acceptors (Lipinski definition) is 3. The predicted molar refractivity (Wildman–Crippen MR) is 117 cm³/mol. The third-order valence-electron chi connectivity index (χ3n) is 4.40. The molecule has 0 unspecified atom stereocenters. The van der Waals surface area contributed by atoms with Crippen molar-refractivity contribution >= 4 is 39.0 Å². The molecule has 0 saturated carbocycles. The zero-order valence-corrected chi connectivity index (χ0v) is 16.8. The van der Waals surface area contributed by atoms with Gasteiger partial charge in [0.05, 0.1) is 23.7 Å². The van der Waals surface area contributed by atoms with E-state index in [9.17, 15) is 4.79 Å². The Kier molecular flexibility index (Phi) is 5.08. The van der Waals surface area contributed by atoms with E-state index >= 15 is 0 Å². The molecule has 1 heterocycles. The minimum Gasteiger partial charge on any atom is -0.495 e. The molecule has 5 heteroatoms. The predicted octanol–water partition coefficient (Wildman–Crippen LogP) is 5.33. The molecular weight excluding hydrogens is 416 g/mol. The number of fused-ring (bicyclic) bond motifs is 1. The van der Waals surface area contributed by atoms with E-state index < -0.39 is 0 Å². The highest BCUT2D eigenvalue weighted by atomic mass is 79.9. The Morgan fingerprint density at radius 2 is 1.75 bits per heavy atom. The quantitative estimate of drug-likeness (QED) is 0.437. The summed E-state index contributed by atoms with van der Waals surface area (Å²) in [6.45, 7) is 0. The average Bonchev–Trinajstić information content (AvgIpc) is 2.72. The summed E-state index contributed by atoms with van der Waals surface area (Å²) in [6.07, 6.45) is 3.79. The minimum absolute atomic E-state index is 0.135. The summed E-state index contributed by atoms with van der Waals surface area (Å²) in [6, 6.07) is 22.7. The smallest absolute Gasteiger partial charge is 0.266 e. The van der Waals surface area contributed by atoms with Crippen LogP contribution in [0.25, 0.3) is 28.7 Å². The lowest BCUT2D eigenvalue weighted by atomic mass is 10.2. The van der Waals surface area contributed by atoms with Crippen LogP contribution in [0.2, 0.25) is 0 Å². The van der Waals surface area contributed by atoms with Gasteiger partial charge in [0.1, 0.15) is 11.6 Å². The van der Waals surface area contributed by atoms with Gasteiger partial charge in [-0.3, -0.25) is 9.36 Å². The van der Waals surface area contributed by atoms with E-state index in [0.717, 1.165) is 10.0 Å². The molecule has 4 rings (SSSR count). The second-order valence-electron chi connectivity index (χ2n) is 6.19. The number of para-hydroxylation sites is 3. The molecule has 0 amide bonds. The normalized spacial score (nSPS) is 11.2. The molecule has 0 N–H and O–H groups in total. The molecule has 3 aromatic carbocycles. The summed E-state index contributed by atoms with van der Waals surface area (Å²) in [7, 11) is 1.59. The molecular formula is C23H17BrN2O2. The Hall–Kier alpha value is -3.18. The van der Waals surface area contributed by atoms with Crippen molar-refractivity contribution in [3.05, 3.63) is 99.0 Å². The van der Waals surface area contributed by atoms with E-state index in [0.29, 0.717) is 28.2 Å². The molecule has 0 aliphatic heterocycles.